The van der Waals surface area contributed by atoms with Crippen LogP contribution in [0.4, 0.5) is 0 Å². The highest BCUT2D eigenvalue weighted by molar-refractivity contribution is 8.29. The molecule has 1 aromatic carbocycles. The number of thiol groups is 2. The van der Waals surface area contributed by atoms with E-state index in [1.165, 1.54) is 16.2 Å². The normalized spacial score (nSPS) is 22.4. The zero-order valence-electron chi connectivity index (χ0n) is 14.6. The molecule has 7 N–H and O–H groups in total. The van der Waals surface area contributed by atoms with Crippen molar-refractivity contribution in [2.45, 2.75) is 14.7 Å². The Kier molecular flexibility index (Phi) is 5.66. The SMILES string of the molecule is NC1=C[SH](C2=C[SH](c3ccc(S(=O)(=O)O)cc3S(=O)(=O)O)C=C2S(=O)(=O)O)C=C1N. The van der Waals surface area contributed by atoms with Crippen LogP contribution in [-0.2, 0) is 30.4 Å². The average Bonchev–Trinajstić information content (AvgIpc) is 3.17. The number of hydrogen-bond acceptors (Lipinski definition) is 8. The zero-order chi connectivity index (χ0) is 22.6. The Hall–Kier alpha value is -1.79. The maximum Gasteiger partial charge on any atom is 0.296 e. The van der Waals surface area contributed by atoms with Gasteiger partial charge >= 0.3 is 0 Å². The lowest BCUT2D eigenvalue weighted by molar-refractivity contribution is 0.478. The van der Waals surface area contributed by atoms with Crippen molar-refractivity contribution >= 4 is 52.1 Å². The molecule has 1 aromatic rings. The predicted molar refractivity (Wildman–Crippen MR) is 115 cm³/mol. The van der Waals surface area contributed by atoms with Crippen molar-refractivity contribution in [3.63, 3.8) is 0 Å². The first-order valence-electron chi connectivity index (χ1n) is 7.61. The van der Waals surface area contributed by atoms with E-state index in [0.29, 0.717) is 6.07 Å². The highest BCUT2D eigenvalue weighted by Gasteiger charge is 2.32. The summed E-state index contributed by atoms with van der Waals surface area (Å²) in [7, 11) is -17.8. The van der Waals surface area contributed by atoms with Crippen LogP contribution in [-0.4, -0.2) is 38.9 Å². The smallest absolute Gasteiger partial charge is 0.296 e. The highest BCUT2D eigenvalue weighted by Crippen LogP contribution is 2.58. The van der Waals surface area contributed by atoms with Gasteiger partial charge in [0.15, 0.2) is 0 Å². The summed E-state index contributed by atoms with van der Waals surface area (Å²) < 4.78 is 98.4. The van der Waals surface area contributed by atoms with Crippen molar-refractivity contribution in [1.82, 2.24) is 0 Å². The predicted octanol–water partition coefficient (Wildman–Crippen LogP) is 0.739. The Labute approximate surface area is 177 Å². The molecule has 0 bridgehead atoms. The van der Waals surface area contributed by atoms with E-state index in [2.05, 4.69) is 0 Å². The monoisotopic (exact) mass is 516 g/mol. The highest BCUT2D eigenvalue weighted by atomic mass is 32.2. The van der Waals surface area contributed by atoms with Crippen molar-refractivity contribution in [1.29, 1.82) is 0 Å². The summed E-state index contributed by atoms with van der Waals surface area (Å²) >= 11 is 0. The van der Waals surface area contributed by atoms with Gasteiger partial charge in [0.2, 0.25) is 0 Å². The van der Waals surface area contributed by atoms with Gasteiger partial charge < -0.3 is 11.5 Å². The van der Waals surface area contributed by atoms with E-state index < -0.39 is 66.8 Å². The van der Waals surface area contributed by atoms with Crippen LogP contribution in [0.3, 0.4) is 0 Å². The van der Waals surface area contributed by atoms with Crippen molar-refractivity contribution in [3.05, 3.63) is 61.0 Å². The Morgan fingerprint density at radius 1 is 0.700 bits per heavy atom. The number of hydrogen-bond donors (Lipinski definition) is 7. The van der Waals surface area contributed by atoms with Crippen LogP contribution in [0.5, 0.6) is 0 Å². The zero-order valence-corrected chi connectivity index (χ0v) is 18.8. The van der Waals surface area contributed by atoms with Gasteiger partial charge in [-0.25, -0.2) is 0 Å². The summed E-state index contributed by atoms with van der Waals surface area (Å²) in [5, 5.41) is 5.55. The molecule has 0 aliphatic carbocycles. The van der Waals surface area contributed by atoms with E-state index >= 15 is 0 Å². The lowest BCUT2D eigenvalue weighted by Crippen LogP contribution is -2.05. The molecule has 0 amide bonds. The molecule has 0 radical (unpaired) electrons. The van der Waals surface area contributed by atoms with Gasteiger partial charge in [0.05, 0.1) is 16.3 Å². The van der Waals surface area contributed by atoms with E-state index in [9.17, 15) is 34.4 Å². The Morgan fingerprint density at radius 3 is 1.73 bits per heavy atom. The second-order valence-electron chi connectivity index (χ2n) is 6.05. The van der Waals surface area contributed by atoms with E-state index in [0.717, 1.165) is 17.5 Å². The first-order valence-corrected chi connectivity index (χ1v) is 14.9. The van der Waals surface area contributed by atoms with Gasteiger partial charge in [0.1, 0.15) is 9.80 Å². The molecule has 3 rings (SSSR count). The summed E-state index contributed by atoms with van der Waals surface area (Å²) in [5.41, 5.74) is 11.9. The van der Waals surface area contributed by atoms with Crippen LogP contribution >= 0.6 is 21.8 Å². The largest absolute Gasteiger partial charge is 0.397 e. The van der Waals surface area contributed by atoms with Crippen LogP contribution in [0.25, 0.3) is 0 Å². The molecule has 0 aromatic heterocycles. The molecular formula is C14H16N2O9S5. The summed E-state index contributed by atoms with van der Waals surface area (Å²) in [6, 6.07) is 2.50. The summed E-state index contributed by atoms with van der Waals surface area (Å²) in [4.78, 5) is -2.02. The third-order valence-electron chi connectivity index (χ3n) is 4.00. The second kappa shape index (κ2) is 7.41. The van der Waals surface area contributed by atoms with Crippen LogP contribution in [0.15, 0.2) is 75.7 Å². The van der Waals surface area contributed by atoms with Crippen molar-refractivity contribution in [2.24, 2.45) is 11.5 Å². The molecule has 2 aliphatic heterocycles. The lowest BCUT2D eigenvalue weighted by Gasteiger charge is -2.15. The van der Waals surface area contributed by atoms with Gasteiger partial charge in [-0.3, -0.25) is 13.7 Å². The summed E-state index contributed by atoms with van der Waals surface area (Å²) in [6.45, 7) is 0. The minimum atomic E-state index is -4.95. The van der Waals surface area contributed by atoms with E-state index in [1.807, 2.05) is 0 Å². The minimum absolute atomic E-state index is 0.112. The van der Waals surface area contributed by atoms with Crippen LogP contribution in [0.2, 0.25) is 0 Å². The van der Waals surface area contributed by atoms with Gasteiger partial charge in [0.25, 0.3) is 30.4 Å². The second-order valence-corrected chi connectivity index (χ2v) is 13.9. The molecule has 11 nitrogen and oxygen atoms in total. The number of nitrogens with two attached hydrogens (primary N) is 2. The molecular weight excluding hydrogens is 500 g/mol. The van der Waals surface area contributed by atoms with Crippen LogP contribution in [0.1, 0.15) is 0 Å². The quantitative estimate of drug-likeness (QED) is 0.214. The molecule has 0 saturated heterocycles. The molecule has 0 fully saturated rings. The molecule has 0 saturated carbocycles. The van der Waals surface area contributed by atoms with Crippen molar-refractivity contribution < 1.29 is 38.9 Å². The summed E-state index contributed by atoms with van der Waals surface area (Å²) in [6.07, 6.45) is 0. The van der Waals surface area contributed by atoms with Gasteiger partial charge in [-0.15, -0.1) is 0 Å². The Balaban J connectivity index is 2.22. The van der Waals surface area contributed by atoms with Crippen molar-refractivity contribution in [2.75, 3.05) is 0 Å². The van der Waals surface area contributed by atoms with Crippen molar-refractivity contribution in [3.8, 4) is 0 Å². The average molecular weight is 517 g/mol. The molecule has 2 heterocycles. The van der Waals surface area contributed by atoms with Crippen LogP contribution in [0, 0.1) is 0 Å². The van der Waals surface area contributed by atoms with E-state index in [4.69, 9.17) is 16.0 Å². The van der Waals surface area contributed by atoms with Gasteiger partial charge in [-0.05, 0) is 39.8 Å². The number of rotatable bonds is 5. The first kappa shape index (κ1) is 22.9. The summed E-state index contributed by atoms with van der Waals surface area (Å²) in [5.74, 6) is 0. The third kappa shape index (κ3) is 4.45. The van der Waals surface area contributed by atoms with Gasteiger partial charge in [0, 0.05) is 9.80 Å². The van der Waals surface area contributed by atoms with E-state index in [-0.39, 0.29) is 21.2 Å². The molecule has 2 aliphatic rings. The molecule has 1 atom stereocenters. The molecule has 30 heavy (non-hydrogen) atoms. The topological polar surface area (TPSA) is 215 Å². The Bertz CT molecular complexity index is 1370. The minimum Gasteiger partial charge on any atom is -0.397 e. The van der Waals surface area contributed by atoms with Gasteiger partial charge in [-0.2, -0.15) is 47.0 Å². The molecule has 1 unspecified atom stereocenters. The Morgan fingerprint density at radius 2 is 1.27 bits per heavy atom. The standard InChI is InChI=1S/C14H16N2O9S5/c15-9-4-26(5-10(9)16)12-6-27(7-14(12)30(23,24)25)11-2-1-8(28(17,18)19)3-13(11)29(20,21)22/h1-7,26-27H,15-16H2,(H,17,18,19)(H,20,21,22)(H,23,24,25). The fourth-order valence-electron chi connectivity index (χ4n) is 2.66. The van der Waals surface area contributed by atoms with Crippen LogP contribution < -0.4 is 11.5 Å². The third-order valence-corrected chi connectivity index (χ3v) is 11.4. The lowest BCUT2D eigenvalue weighted by atomic mass is 10.4. The molecule has 0 spiro atoms. The first-order chi connectivity index (χ1) is 13.6. The maximum absolute atomic E-state index is 11.9. The maximum atomic E-state index is 11.9. The fraction of sp³-hybridized carbons (Fsp3) is 0. The molecule has 16 heteroatoms. The van der Waals surface area contributed by atoms with E-state index in [1.54, 1.807) is 0 Å². The molecule has 166 valence electrons. The van der Waals surface area contributed by atoms with Gasteiger partial charge in [-0.1, -0.05) is 0 Å². The number of benzene rings is 1. The fourth-order valence-corrected chi connectivity index (χ4v) is 10.7.